The fraction of sp³-hybridized carbons (Fsp3) is 0.333. The quantitative estimate of drug-likeness (QED) is 0.379. The highest BCUT2D eigenvalue weighted by Crippen LogP contribution is 2.32. The van der Waals surface area contributed by atoms with E-state index in [0.29, 0.717) is 6.61 Å². The lowest BCUT2D eigenvalue weighted by Gasteiger charge is -2.32. The molecule has 1 heterocycles. The topological polar surface area (TPSA) is 21.7 Å². The maximum absolute atomic E-state index is 6.18. The molecule has 1 aliphatic rings. The SMILES string of the molecule is Cc1cc(OCC2CN(Cc3ccccc3)CCO2)cc(C)c1-c1cccc(CBr)c1. The minimum Gasteiger partial charge on any atom is -0.491 e. The van der Waals surface area contributed by atoms with Gasteiger partial charge in [-0.3, -0.25) is 4.90 Å². The summed E-state index contributed by atoms with van der Waals surface area (Å²) in [6.45, 7) is 8.46. The van der Waals surface area contributed by atoms with E-state index in [9.17, 15) is 0 Å². The average Bonchev–Trinajstić information content (AvgIpc) is 2.78. The van der Waals surface area contributed by atoms with Crippen molar-refractivity contribution in [2.45, 2.75) is 31.8 Å². The number of morpholine rings is 1. The Morgan fingerprint density at radius 1 is 0.968 bits per heavy atom. The van der Waals surface area contributed by atoms with Crippen molar-refractivity contribution in [1.29, 1.82) is 0 Å². The van der Waals surface area contributed by atoms with Crippen LogP contribution in [-0.2, 0) is 16.6 Å². The number of hydrogen-bond acceptors (Lipinski definition) is 3. The van der Waals surface area contributed by atoms with Crippen molar-refractivity contribution in [3.63, 3.8) is 0 Å². The number of hydrogen-bond donors (Lipinski definition) is 0. The molecule has 0 saturated carbocycles. The molecule has 3 aromatic carbocycles. The zero-order valence-corrected chi connectivity index (χ0v) is 19.9. The molecular weight excluding hydrogens is 450 g/mol. The first-order chi connectivity index (χ1) is 15.1. The zero-order valence-electron chi connectivity index (χ0n) is 18.3. The molecule has 0 amide bonds. The second kappa shape index (κ2) is 10.4. The summed E-state index contributed by atoms with van der Waals surface area (Å²) in [5.74, 6) is 0.916. The Kier molecular flexibility index (Phi) is 7.44. The fourth-order valence-electron chi connectivity index (χ4n) is 4.33. The smallest absolute Gasteiger partial charge is 0.120 e. The van der Waals surface area contributed by atoms with E-state index in [1.54, 1.807) is 0 Å². The van der Waals surface area contributed by atoms with Gasteiger partial charge in [-0.15, -0.1) is 0 Å². The molecule has 1 atom stereocenters. The van der Waals surface area contributed by atoms with Crippen LogP contribution in [0.1, 0.15) is 22.3 Å². The summed E-state index contributed by atoms with van der Waals surface area (Å²) < 4.78 is 12.2. The van der Waals surface area contributed by atoms with Crippen LogP contribution in [0.3, 0.4) is 0 Å². The molecule has 4 rings (SSSR count). The van der Waals surface area contributed by atoms with Gasteiger partial charge >= 0.3 is 0 Å². The van der Waals surface area contributed by atoms with Gasteiger partial charge in [-0.05, 0) is 59.4 Å². The van der Waals surface area contributed by atoms with Crippen LogP contribution in [0.15, 0.2) is 66.7 Å². The number of rotatable bonds is 7. The van der Waals surface area contributed by atoms with E-state index in [1.807, 2.05) is 0 Å². The van der Waals surface area contributed by atoms with E-state index in [0.717, 1.165) is 37.3 Å². The molecule has 162 valence electrons. The molecule has 0 aliphatic carbocycles. The molecule has 3 aromatic rings. The van der Waals surface area contributed by atoms with Crippen molar-refractivity contribution >= 4 is 15.9 Å². The molecule has 0 radical (unpaired) electrons. The van der Waals surface area contributed by atoms with E-state index in [-0.39, 0.29) is 6.10 Å². The maximum Gasteiger partial charge on any atom is 0.120 e. The first-order valence-electron chi connectivity index (χ1n) is 10.9. The molecule has 0 bridgehead atoms. The molecule has 0 spiro atoms. The average molecular weight is 480 g/mol. The monoisotopic (exact) mass is 479 g/mol. The van der Waals surface area contributed by atoms with Gasteiger partial charge in [0.15, 0.2) is 0 Å². The summed E-state index contributed by atoms with van der Waals surface area (Å²) in [5, 5.41) is 0.864. The van der Waals surface area contributed by atoms with E-state index in [1.165, 1.54) is 33.4 Å². The first kappa shape index (κ1) is 22.1. The highest BCUT2D eigenvalue weighted by Gasteiger charge is 2.21. The van der Waals surface area contributed by atoms with Crippen LogP contribution in [0.2, 0.25) is 0 Å². The Labute approximate surface area is 194 Å². The Balaban J connectivity index is 1.39. The third kappa shape index (κ3) is 5.76. The molecule has 3 nitrogen and oxygen atoms in total. The second-order valence-corrected chi connectivity index (χ2v) is 8.85. The number of halogens is 1. The van der Waals surface area contributed by atoms with Gasteiger partial charge in [0.25, 0.3) is 0 Å². The molecule has 1 aliphatic heterocycles. The van der Waals surface area contributed by atoms with E-state index in [2.05, 4.69) is 101 Å². The molecule has 1 fully saturated rings. The van der Waals surface area contributed by atoms with E-state index < -0.39 is 0 Å². The lowest BCUT2D eigenvalue weighted by Crippen LogP contribution is -2.44. The Morgan fingerprint density at radius 3 is 2.45 bits per heavy atom. The van der Waals surface area contributed by atoms with Gasteiger partial charge in [0, 0.05) is 25.0 Å². The Bertz CT molecular complexity index is 982. The number of aryl methyl sites for hydroxylation is 2. The van der Waals surface area contributed by atoms with Gasteiger partial charge in [-0.2, -0.15) is 0 Å². The van der Waals surface area contributed by atoms with Crippen molar-refractivity contribution in [2.24, 2.45) is 0 Å². The number of alkyl halides is 1. The van der Waals surface area contributed by atoms with Gasteiger partial charge in [0.05, 0.1) is 6.61 Å². The maximum atomic E-state index is 6.18. The van der Waals surface area contributed by atoms with Crippen LogP contribution < -0.4 is 4.74 Å². The number of benzene rings is 3. The third-order valence-corrected chi connectivity index (χ3v) is 6.43. The molecule has 4 heteroatoms. The Morgan fingerprint density at radius 2 is 1.71 bits per heavy atom. The normalized spacial score (nSPS) is 16.9. The highest BCUT2D eigenvalue weighted by molar-refractivity contribution is 9.08. The molecule has 0 N–H and O–H groups in total. The van der Waals surface area contributed by atoms with Crippen molar-refractivity contribution in [1.82, 2.24) is 4.90 Å². The van der Waals surface area contributed by atoms with Crippen LogP contribution in [0.25, 0.3) is 11.1 Å². The lowest BCUT2D eigenvalue weighted by molar-refractivity contribution is -0.0504. The molecule has 1 saturated heterocycles. The standard InChI is InChI=1S/C27H30BrNO2/c1-20-13-25(14-21(2)27(20)24-10-6-9-23(15-24)16-28)31-19-26-18-29(11-12-30-26)17-22-7-4-3-5-8-22/h3-10,13-15,26H,11-12,16-19H2,1-2H3. The molecule has 31 heavy (non-hydrogen) atoms. The van der Waals surface area contributed by atoms with Crippen LogP contribution >= 0.6 is 15.9 Å². The number of nitrogens with zero attached hydrogens (tertiary/aromatic N) is 1. The first-order valence-corrected chi connectivity index (χ1v) is 12.0. The van der Waals surface area contributed by atoms with Gasteiger partial charge in [-0.25, -0.2) is 0 Å². The second-order valence-electron chi connectivity index (χ2n) is 8.29. The molecular formula is C27H30BrNO2. The van der Waals surface area contributed by atoms with Crippen LogP contribution in [-0.4, -0.2) is 37.3 Å². The fourth-order valence-corrected chi connectivity index (χ4v) is 4.68. The van der Waals surface area contributed by atoms with Crippen molar-refractivity contribution in [3.8, 4) is 16.9 Å². The molecule has 0 aromatic heterocycles. The molecule has 1 unspecified atom stereocenters. The largest absolute Gasteiger partial charge is 0.491 e. The predicted octanol–water partition coefficient (Wildman–Crippen LogP) is 6.15. The van der Waals surface area contributed by atoms with E-state index in [4.69, 9.17) is 9.47 Å². The summed E-state index contributed by atoms with van der Waals surface area (Å²) in [4.78, 5) is 2.45. The van der Waals surface area contributed by atoms with Gasteiger partial charge in [0.1, 0.15) is 18.5 Å². The summed E-state index contributed by atoms with van der Waals surface area (Å²) in [6, 6.07) is 23.6. The van der Waals surface area contributed by atoms with Gasteiger partial charge in [-0.1, -0.05) is 70.5 Å². The lowest BCUT2D eigenvalue weighted by atomic mass is 9.94. The van der Waals surface area contributed by atoms with Crippen LogP contribution in [0.4, 0.5) is 0 Å². The van der Waals surface area contributed by atoms with Crippen molar-refractivity contribution < 1.29 is 9.47 Å². The van der Waals surface area contributed by atoms with Gasteiger partial charge in [0.2, 0.25) is 0 Å². The highest BCUT2D eigenvalue weighted by atomic mass is 79.9. The van der Waals surface area contributed by atoms with Gasteiger partial charge < -0.3 is 9.47 Å². The third-order valence-electron chi connectivity index (χ3n) is 5.78. The van der Waals surface area contributed by atoms with Crippen LogP contribution in [0.5, 0.6) is 5.75 Å². The minimum absolute atomic E-state index is 0.0911. The van der Waals surface area contributed by atoms with E-state index >= 15 is 0 Å². The zero-order chi connectivity index (χ0) is 21.6. The summed E-state index contributed by atoms with van der Waals surface area (Å²) >= 11 is 3.56. The number of ether oxygens (including phenoxy) is 2. The summed E-state index contributed by atoms with van der Waals surface area (Å²) in [6.07, 6.45) is 0.0911. The minimum atomic E-state index is 0.0911. The summed E-state index contributed by atoms with van der Waals surface area (Å²) in [7, 11) is 0. The van der Waals surface area contributed by atoms with Crippen LogP contribution in [0, 0.1) is 13.8 Å². The predicted molar refractivity (Wildman–Crippen MR) is 131 cm³/mol. The summed E-state index contributed by atoms with van der Waals surface area (Å²) in [5.41, 5.74) is 7.64. The Hall–Kier alpha value is -2.14. The van der Waals surface area contributed by atoms with Crippen molar-refractivity contribution in [2.75, 3.05) is 26.3 Å². The van der Waals surface area contributed by atoms with Crippen molar-refractivity contribution in [3.05, 3.63) is 89.0 Å².